The van der Waals surface area contributed by atoms with E-state index in [9.17, 15) is 14.4 Å². The Hall–Kier alpha value is -2.37. The first-order chi connectivity index (χ1) is 14.3. The average Bonchev–Trinajstić information content (AvgIpc) is 2.69. The third-order valence-corrected chi connectivity index (χ3v) is 7.03. The van der Waals surface area contributed by atoms with Crippen LogP contribution in [0.25, 0.3) is 0 Å². The summed E-state index contributed by atoms with van der Waals surface area (Å²) in [4.78, 5) is 37.1. The number of carbonyl (C=O) groups is 3. The summed E-state index contributed by atoms with van der Waals surface area (Å²) in [6, 6.07) is 6.77. The van der Waals surface area contributed by atoms with Gasteiger partial charge in [-0.2, -0.15) is 0 Å². The largest absolute Gasteiger partial charge is 0.454 e. The van der Waals surface area contributed by atoms with Crippen LogP contribution in [0, 0.1) is 23.2 Å². The first-order valence-electron chi connectivity index (χ1n) is 11.2. The van der Waals surface area contributed by atoms with Gasteiger partial charge in [0.15, 0.2) is 12.4 Å². The summed E-state index contributed by atoms with van der Waals surface area (Å²) in [6.07, 6.45) is 6.82. The van der Waals surface area contributed by atoms with Gasteiger partial charge in [0.1, 0.15) is 0 Å². The maximum atomic E-state index is 13.0. The molecular weight excluding hydrogens is 380 g/mol. The molecule has 0 spiro atoms. The minimum atomic E-state index is -0.467. The van der Waals surface area contributed by atoms with Gasteiger partial charge in [0.2, 0.25) is 0 Å². The molecule has 4 aliphatic carbocycles. The Bertz CT molecular complexity index is 780. The van der Waals surface area contributed by atoms with E-state index >= 15 is 0 Å². The monoisotopic (exact) mass is 412 g/mol. The zero-order valence-electron chi connectivity index (χ0n) is 17.9. The predicted molar refractivity (Wildman–Crippen MR) is 113 cm³/mol. The fraction of sp³-hybridized carbons (Fsp3) is 0.625. The maximum absolute atomic E-state index is 13.0. The van der Waals surface area contributed by atoms with E-state index < -0.39 is 5.97 Å². The number of nitrogens with one attached hydrogen (secondary N) is 2. The predicted octanol–water partition coefficient (Wildman–Crippen LogP) is 3.84. The van der Waals surface area contributed by atoms with Crippen molar-refractivity contribution in [3.8, 4) is 0 Å². The Morgan fingerprint density at radius 2 is 1.57 bits per heavy atom. The van der Waals surface area contributed by atoms with Crippen LogP contribution < -0.4 is 10.6 Å². The van der Waals surface area contributed by atoms with Gasteiger partial charge in [0.05, 0.1) is 5.56 Å². The van der Waals surface area contributed by atoms with Crippen molar-refractivity contribution < 1.29 is 19.1 Å². The molecule has 4 bridgehead atoms. The molecule has 30 heavy (non-hydrogen) atoms. The second-order valence-electron chi connectivity index (χ2n) is 9.88. The molecule has 0 aliphatic heterocycles. The van der Waals surface area contributed by atoms with E-state index in [1.807, 2.05) is 13.8 Å². The molecule has 0 radical (unpaired) electrons. The average molecular weight is 413 g/mol. The van der Waals surface area contributed by atoms with Crippen LogP contribution in [0.15, 0.2) is 24.3 Å². The summed E-state index contributed by atoms with van der Waals surface area (Å²) < 4.78 is 5.39. The number of benzene rings is 1. The van der Waals surface area contributed by atoms with Crippen molar-refractivity contribution in [2.24, 2.45) is 23.2 Å². The van der Waals surface area contributed by atoms with Gasteiger partial charge in [-0.3, -0.25) is 4.79 Å². The SMILES string of the molecule is CC(C)NC(=O)NCc1ccc(C(=O)OCC(=O)C23CC4CC(CC(C4)C2)C3)cc1. The van der Waals surface area contributed by atoms with Gasteiger partial charge in [0, 0.05) is 18.0 Å². The molecule has 5 rings (SSSR count). The van der Waals surface area contributed by atoms with E-state index in [-0.39, 0.29) is 29.9 Å². The minimum Gasteiger partial charge on any atom is -0.454 e. The zero-order chi connectivity index (χ0) is 21.3. The molecule has 0 aromatic heterocycles. The summed E-state index contributed by atoms with van der Waals surface area (Å²) in [5, 5.41) is 5.53. The van der Waals surface area contributed by atoms with Crippen LogP contribution in [0.3, 0.4) is 0 Å². The van der Waals surface area contributed by atoms with E-state index in [1.165, 1.54) is 19.3 Å². The summed E-state index contributed by atoms with van der Waals surface area (Å²) >= 11 is 0. The molecule has 162 valence electrons. The highest BCUT2D eigenvalue weighted by atomic mass is 16.5. The number of amides is 2. The number of rotatable bonds is 7. The van der Waals surface area contributed by atoms with Crippen molar-refractivity contribution in [1.29, 1.82) is 0 Å². The second kappa shape index (κ2) is 8.40. The lowest BCUT2D eigenvalue weighted by molar-refractivity contribution is -0.147. The highest BCUT2D eigenvalue weighted by Gasteiger charge is 2.54. The summed E-state index contributed by atoms with van der Waals surface area (Å²) in [5.41, 5.74) is 1.07. The molecule has 0 heterocycles. The third-order valence-electron chi connectivity index (χ3n) is 7.03. The lowest BCUT2D eigenvalue weighted by Gasteiger charge is -2.55. The molecular formula is C24H32N2O4. The molecule has 2 amide bonds. The molecule has 0 unspecified atom stereocenters. The Kier molecular flexibility index (Phi) is 5.85. The van der Waals surface area contributed by atoms with E-state index in [0.29, 0.717) is 29.9 Å². The van der Waals surface area contributed by atoms with Gasteiger partial charge < -0.3 is 15.4 Å². The third kappa shape index (κ3) is 4.52. The Morgan fingerprint density at radius 3 is 2.10 bits per heavy atom. The van der Waals surface area contributed by atoms with Crippen molar-refractivity contribution in [2.45, 2.75) is 65.0 Å². The van der Waals surface area contributed by atoms with Crippen LogP contribution >= 0.6 is 0 Å². The molecule has 2 N–H and O–H groups in total. The lowest BCUT2D eigenvalue weighted by Crippen LogP contribution is -2.51. The highest BCUT2D eigenvalue weighted by molar-refractivity contribution is 5.93. The summed E-state index contributed by atoms with van der Waals surface area (Å²) in [7, 11) is 0. The standard InChI is InChI=1S/C24H32N2O4/c1-15(2)26-23(29)25-13-16-3-5-20(6-4-16)22(28)30-14-21(27)24-10-17-7-18(11-24)9-19(8-17)12-24/h3-6,15,17-19H,7-14H2,1-2H3,(H2,25,26,29). The normalized spacial score (nSPS) is 29.0. The van der Waals surface area contributed by atoms with Crippen molar-refractivity contribution in [3.63, 3.8) is 0 Å². The van der Waals surface area contributed by atoms with Crippen molar-refractivity contribution >= 4 is 17.8 Å². The molecule has 4 aliphatic rings. The van der Waals surface area contributed by atoms with E-state index in [0.717, 1.165) is 24.8 Å². The van der Waals surface area contributed by atoms with Gasteiger partial charge in [-0.15, -0.1) is 0 Å². The van der Waals surface area contributed by atoms with Crippen LogP contribution in [-0.2, 0) is 16.1 Å². The smallest absolute Gasteiger partial charge is 0.338 e. The molecule has 6 heteroatoms. The molecule has 4 fully saturated rings. The first-order valence-corrected chi connectivity index (χ1v) is 11.2. The Labute approximate surface area is 178 Å². The summed E-state index contributed by atoms with van der Waals surface area (Å²) in [5.74, 6) is 1.73. The Morgan fingerprint density at radius 1 is 1.00 bits per heavy atom. The molecule has 4 saturated carbocycles. The lowest BCUT2D eigenvalue weighted by atomic mass is 9.48. The maximum Gasteiger partial charge on any atom is 0.338 e. The minimum absolute atomic E-state index is 0.0725. The van der Waals surface area contributed by atoms with Crippen molar-refractivity contribution in [2.75, 3.05) is 6.61 Å². The number of ether oxygens (including phenoxy) is 1. The molecule has 6 nitrogen and oxygen atoms in total. The summed E-state index contributed by atoms with van der Waals surface area (Å²) in [6.45, 7) is 4.05. The van der Waals surface area contributed by atoms with Gasteiger partial charge in [-0.1, -0.05) is 12.1 Å². The molecule has 0 saturated heterocycles. The molecule has 0 atom stereocenters. The molecule has 1 aromatic rings. The quantitative estimate of drug-likeness (QED) is 0.667. The zero-order valence-corrected chi connectivity index (χ0v) is 17.9. The van der Waals surface area contributed by atoms with Crippen LogP contribution in [0.5, 0.6) is 0 Å². The van der Waals surface area contributed by atoms with Gasteiger partial charge in [-0.25, -0.2) is 9.59 Å². The van der Waals surface area contributed by atoms with Gasteiger partial charge >= 0.3 is 12.0 Å². The number of ketones is 1. The number of urea groups is 1. The van der Waals surface area contributed by atoms with E-state index in [4.69, 9.17) is 4.74 Å². The van der Waals surface area contributed by atoms with Crippen LogP contribution in [0.4, 0.5) is 4.79 Å². The number of carbonyl (C=O) groups excluding carboxylic acids is 3. The second-order valence-corrected chi connectivity index (χ2v) is 9.88. The number of esters is 1. The van der Waals surface area contributed by atoms with E-state index in [1.54, 1.807) is 24.3 Å². The Balaban J connectivity index is 1.27. The number of hydrogen-bond acceptors (Lipinski definition) is 4. The van der Waals surface area contributed by atoms with Crippen molar-refractivity contribution in [1.82, 2.24) is 10.6 Å². The van der Waals surface area contributed by atoms with Crippen molar-refractivity contribution in [3.05, 3.63) is 35.4 Å². The fourth-order valence-electron chi connectivity index (χ4n) is 6.07. The number of hydrogen-bond donors (Lipinski definition) is 2. The molecule has 1 aromatic carbocycles. The van der Waals surface area contributed by atoms with Crippen LogP contribution in [0.1, 0.15) is 68.3 Å². The highest BCUT2D eigenvalue weighted by Crippen LogP contribution is 2.60. The number of Topliss-reactive ketones (excluding diaryl/α,β-unsaturated/α-hetero) is 1. The van der Waals surface area contributed by atoms with Crippen LogP contribution in [-0.4, -0.2) is 30.4 Å². The fourth-order valence-corrected chi connectivity index (χ4v) is 6.07. The first kappa shape index (κ1) is 20.9. The topological polar surface area (TPSA) is 84.5 Å². The van der Waals surface area contributed by atoms with Gasteiger partial charge in [-0.05, 0) is 87.8 Å². The van der Waals surface area contributed by atoms with Crippen LogP contribution in [0.2, 0.25) is 0 Å². The van der Waals surface area contributed by atoms with E-state index in [2.05, 4.69) is 10.6 Å². The van der Waals surface area contributed by atoms with Gasteiger partial charge in [0.25, 0.3) is 0 Å².